The van der Waals surface area contributed by atoms with Crippen molar-refractivity contribution < 1.29 is 13.9 Å². The first kappa shape index (κ1) is 9.86. The fraction of sp³-hybridized carbons (Fsp3) is 1.00. The molecule has 3 N–H and O–H groups in total. The van der Waals surface area contributed by atoms with Gasteiger partial charge in [0.2, 0.25) is 5.92 Å². The van der Waals surface area contributed by atoms with Crippen LogP contribution in [-0.2, 0) is 0 Å². The molecule has 1 fully saturated rings. The van der Waals surface area contributed by atoms with Crippen molar-refractivity contribution in [3.05, 3.63) is 0 Å². The fourth-order valence-electron chi connectivity index (χ4n) is 1.75. The smallest absolute Gasteiger partial charge is 0.248 e. The van der Waals surface area contributed by atoms with Crippen molar-refractivity contribution >= 4 is 0 Å². The Morgan fingerprint density at radius 2 is 2.25 bits per heavy atom. The zero-order valence-electron chi connectivity index (χ0n) is 6.97. The number of nitrogens with two attached hydrogens (primary N) is 1. The van der Waals surface area contributed by atoms with Crippen LogP contribution in [0.3, 0.4) is 0 Å². The van der Waals surface area contributed by atoms with Gasteiger partial charge in [-0.05, 0) is 18.8 Å². The summed E-state index contributed by atoms with van der Waals surface area (Å²) < 4.78 is 25.3. The predicted molar refractivity (Wildman–Crippen MR) is 42.0 cm³/mol. The van der Waals surface area contributed by atoms with Gasteiger partial charge in [-0.15, -0.1) is 0 Å². The maximum absolute atomic E-state index is 12.6. The maximum atomic E-state index is 12.6. The molecule has 0 aliphatic heterocycles. The van der Waals surface area contributed by atoms with Crippen molar-refractivity contribution in [2.75, 3.05) is 6.61 Å². The third kappa shape index (κ3) is 2.68. The van der Waals surface area contributed by atoms with Crippen LogP contribution in [-0.4, -0.2) is 23.7 Å². The summed E-state index contributed by atoms with van der Waals surface area (Å²) in [7, 11) is 0. The van der Waals surface area contributed by atoms with Crippen molar-refractivity contribution in [3.63, 3.8) is 0 Å². The molecule has 0 amide bonds. The van der Waals surface area contributed by atoms with E-state index in [4.69, 9.17) is 10.8 Å². The molecule has 0 radical (unpaired) electrons. The van der Waals surface area contributed by atoms with Crippen LogP contribution in [0.4, 0.5) is 8.78 Å². The third-order valence-electron chi connectivity index (χ3n) is 2.38. The molecule has 0 bridgehead atoms. The molecular weight excluding hydrogens is 164 g/mol. The highest BCUT2D eigenvalue weighted by molar-refractivity contribution is 4.83. The van der Waals surface area contributed by atoms with Crippen molar-refractivity contribution in [1.29, 1.82) is 0 Å². The number of hydrogen-bond donors (Lipinski definition) is 2. The topological polar surface area (TPSA) is 46.2 Å². The van der Waals surface area contributed by atoms with Crippen LogP contribution in [0, 0.1) is 5.92 Å². The van der Waals surface area contributed by atoms with Gasteiger partial charge in [0, 0.05) is 18.9 Å². The van der Waals surface area contributed by atoms with Gasteiger partial charge in [-0.2, -0.15) is 0 Å². The van der Waals surface area contributed by atoms with E-state index in [1.54, 1.807) is 0 Å². The average Bonchev–Trinajstić information content (AvgIpc) is 2.30. The van der Waals surface area contributed by atoms with Crippen LogP contribution in [0.1, 0.15) is 25.7 Å². The molecule has 1 saturated carbocycles. The van der Waals surface area contributed by atoms with Crippen LogP contribution in [0.15, 0.2) is 0 Å². The summed E-state index contributed by atoms with van der Waals surface area (Å²) in [4.78, 5) is 0. The zero-order valence-corrected chi connectivity index (χ0v) is 6.97. The van der Waals surface area contributed by atoms with E-state index < -0.39 is 5.92 Å². The Balaban J connectivity index is 2.28. The van der Waals surface area contributed by atoms with Gasteiger partial charge in [-0.3, -0.25) is 0 Å². The molecule has 1 rings (SSSR count). The zero-order chi connectivity index (χ0) is 9.19. The number of rotatable bonds is 3. The Labute approximate surface area is 70.8 Å². The van der Waals surface area contributed by atoms with E-state index in [0.29, 0.717) is 12.8 Å². The van der Waals surface area contributed by atoms with Gasteiger partial charge in [0.15, 0.2) is 0 Å². The Morgan fingerprint density at radius 3 is 2.67 bits per heavy atom. The lowest BCUT2D eigenvalue weighted by Crippen LogP contribution is -2.27. The van der Waals surface area contributed by atoms with E-state index >= 15 is 0 Å². The SMILES string of the molecule is NC(CO)CC1CCC(F)(F)C1. The molecule has 4 heteroatoms. The van der Waals surface area contributed by atoms with Crippen molar-refractivity contribution in [2.24, 2.45) is 11.7 Å². The Morgan fingerprint density at radius 1 is 1.58 bits per heavy atom. The maximum Gasteiger partial charge on any atom is 0.248 e. The quantitative estimate of drug-likeness (QED) is 0.682. The molecule has 0 spiro atoms. The Bertz CT molecular complexity index is 152. The molecule has 0 aromatic heterocycles. The van der Waals surface area contributed by atoms with Crippen molar-refractivity contribution in [2.45, 2.75) is 37.6 Å². The number of alkyl halides is 2. The van der Waals surface area contributed by atoms with Crippen LogP contribution in [0.2, 0.25) is 0 Å². The summed E-state index contributed by atoms with van der Waals surface area (Å²) in [6.45, 7) is -0.109. The minimum Gasteiger partial charge on any atom is -0.395 e. The van der Waals surface area contributed by atoms with Crippen LogP contribution >= 0.6 is 0 Å². The lowest BCUT2D eigenvalue weighted by molar-refractivity contribution is 0.00423. The molecule has 72 valence electrons. The molecule has 12 heavy (non-hydrogen) atoms. The molecule has 0 aromatic rings. The standard InChI is InChI=1S/C8H15F2NO/c9-8(10)2-1-6(4-8)3-7(11)5-12/h6-7,12H,1-5,11H2. The van der Waals surface area contributed by atoms with Gasteiger partial charge in [0.1, 0.15) is 0 Å². The van der Waals surface area contributed by atoms with E-state index in [2.05, 4.69) is 0 Å². The summed E-state index contributed by atoms with van der Waals surface area (Å²) in [6.07, 6.45) is 0.989. The summed E-state index contributed by atoms with van der Waals surface area (Å²) in [5, 5.41) is 8.61. The predicted octanol–water partition coefficient (Wildman–Crippen LogP) is 1.13. The normalized spacial score (nSPS) is 30.5. The third-order valence-corrected chi connectivity index (χ3v) is 2.38. The second-order valence-corrected chi connectivity index (χ2v) is 3.64. The van der Waals surface area contributed by atoms with E-state index in [9.17, 15) is 8.78 Å². The molecule has 0 aromatic carbocycles. The highest BCUT2D eigenvalue weighted by Gasteiger charge is 2.39. The number of aliphatic hydroxyl groups is 1. The second kappa shape index (κ2) is 3.66. The van der Waals surface area contributed by atoms with Gasteiger partial charge in [-0.25, -0.2) is 8.78 Å². The minimum atomic E-state index is -2.49. The molecule has 2 nitrogen and oxygen atoms in total. The van der Waals surface area contributed by atoms with Crippen LogP contribution in [0.25, 0.3) is 0 Å². The van der Waals surface area contributed by atoms with Gasteiger partial charge < -0.3 is 10.8 Å². The van der Waals surface area contributed by atoms with Crippen molar-refractivity contribution in [1.82, 2.24) is 0 Å². The number of halogens is 2. The summed E-state index contributed by atoms with van der Waals surface area (Å²) in [5.41, 5.74) is 5.45. The van der Waals surface area contributed by atoms with E-state index in [0.717, 1.165) is 0 Å². The van der Waals surface area contributed by atoms with Gasteiger partial charge in [-0.1, -0.05) is 0 Å². The Hall–Kier alpha value is -0.220. The lowest BCUT2D eigenvalue weighted by Gasteiger charge is -2.14. The highest BCUT2D eigenvalue weighted by Crippen LogP contribution is 2.40. The molecular formula is C8H15F2NO. The number of hydrogen-bond acceptors (Lipinski definition) is 2. The van der Waals surface area contributed by atoms with Gasteiger partial charge >= 0.3 is 0 Å². The molecule has 1 aliphatic carbocycles. The summed E-state index contributed by atoms with van der Waals surface area (Å²) in [6, 6.07) is -0.330. The van der Waals surface area contributed by atoms with Crippen LogP contribution in [0.5, 0.6) is 0 Å². The van der Waals surface area contributed by atoms with E-state index in [-0.39, 0.29) is 31.4 Å². The van der Waals surface area contributed by atoms with Gasteiger partial charge in [0.25, 0.3) is 0 Å². The molecule has 0 heterocycles. The van der Waals surface area contributed by atoms with E-state index in [1.165, 1.54) is 0 Å². The van der Waals surface area contributed by atoms with Gasteiger partial charge in [0.05, 0.1) is 6.61 Å². The molecule has 0 saturated heterocycles. The minimum absolute atomic E-state index is 0.00199. The number of aliphatic hydroxyl groups excluding tert-OH is 1. The fourth-order valence-corrected chi connectivity index (χ4v) is 1.75. The average molecular weight is 179 g/mol. The Kier molecular flexibility index (Phi) is 3.01. The first-order valence-corrected chi connectivity index (χ1v) is 4.28. The molecule has 2 unspecified atom stereocenters. The summed E-state index contributed by atoms with van der Waals surface area (Å²) >= 11 is 0. The van der Waals surface area contributed by atoms with E-state index in [1.807, 2.05) is 0 Å². The largest absolute Gasteiger partial charge is 0.395 e. The first-order valence-electron chi connectivity index (χ1n) is 4.28. The van der Waals surface area contributed by atoms with Crippen LogP contribution < -0.4 is 5.73 Å². The summed E-state index contributed by atoms with van der Waals surface area (Å²) in [5.74, 6) is -2.48. The monoisotopic (exact) mass is 179 g/mol. The first-order chi connectivity index (χ1) is 5.53. The molecule has 1 aliphatic rings. The second-order valence-electron chi connectivity index (χ2n) is 3.64. The lowest BCUT2D eigenvalue weighted by atomic mass is 9.99. The van der Waals surface area contributed by atoms with Crippen molar-refractivity contribution in [3.8, 4) is 0 Å². The molecule has 2 atom stereocenters. The highest BCUT2D eigenvalue weighted by atomic mass is 19.3.